The van der Waals surface area contributed by atoms with Gasteiger partial charge in [0.25, 0.3) is 0 Å². The largest absolute Gasteiger partial charge is 0.462 e. The molecule has 0 amide bonds. The fourth-order valence-corrected chi connectivity index (χ4v) is 1.28. The molecular formula is C8H16N2O3. The standard InChI is InChI=1S/C8H16N2O3/c1-7(11)13-6-8(12)10-4-2-9-3-5-10/h8-9,12H,2-6H2,1H3. The van der Waals surface area contributed by atoms with Gasteiger partial charge in [0.05, 0.1) is 0 Å². The summed E-state index contributed by atoms with van der Waals surface area (Å²) >= 11 is 0. The molecule has 0 radical (unpaired) electrons. The highest BCUT2D eigenvalue weighted by atomic mass is 16.5. The number of piperazine rings is 1. The molecule has 5 heteroatoms. The normalized spacial score (nSPS) is 21.1. The van der Waals surface area contributed by atoms with E-state index in [4.69, 9.17) is 4.74 Å². The number of esters is 1. The Bertz CT molecular complexity index is 169. The Labute approximate surface area is 77.7 Å². The molecule has 0 aromatic heterocycles. The highest BCUT2D eigenvalue weighted by molar-refractivity contribution is 5.65. The van der Waals surface area contributed by atoms with Crippen molar-refractivity contribution in [3.05, 3.63) is 0 Å². The van der Waals surface area contributed by atoms with Gasteiger partial charge in [0.15, 0.2) is 0 Å². The second-order valence-corrected chi connectivity index (χ2v) is 3.07. The Balaban J connectivity index is 2.20. The first-order valence-electron chi connectivity index (χ1n) is 4.46. The van der Waals surface area contributed by atoms with Gasteiger partial charge in [0, 0.05) is 33.1 Å². The van der Waals surface area contributed by atoms with Gasteiger partial charge < -0.3 is 15.2 Å². The summed E-state index contributed by atoms with van der Waals surface area (Å²) < 4.78 is 4.71. The van der Waals surface area contributed by atoms with Crippen molar-refractivity contribution in [2.45, 2.75) is 13.2 Å². The number of aliphatic hydroxyl groups excluding tert-OH is 1. The van der Waals surface area contributed by atoms with E-state index in [1.807, 2.05) is 4.90 Å². The lowest BCUT2D eigenvalue weighted by atomic mass is 10.3. The lowest BCUT2D eigenvalue weighted by Gasteiger charge is -2.31. The lowest BCUT2D eigenvalue weighted by molar-refractivity contribution is -0.148. The van der Waals surface area contributed by atoms with Crippen molar-refractivity contribution in [1.82, 2.24) is 10.2 Å². The van der Waals surface area contributed by atoms with Gasteiger partial charge in [0.2, 0.25) is 0 Å². The van der Waals surface area contributed by atoms with E-state index in [9.17, 15) is 9.90 Å². The Morgan fingerprint density at radius 1 is 1.62 bits per heavy atom. The molecule has 1 rings (SSSR count). The number of hydrogen-bond donors (Lipinski definition) is 2. The third-order valence-electron chi connectivity index (χ3n) is 2.01. The Kier molecular flexibility index (Phi) is 4.14. The number of nitrogens with zero attached hydrogens (tertiary/aromatic N) is 1. The summed E-state index contributed by atoms with van der Waals surface area (Å²) in [4.78, 5) is 12.4. The van der Waals surface area contributed by atoms with E-state index in [0.29, 0.717) is 0 Å². The number of ether oxygens (including phenoxy) is 1. The molecule has 1 saturated heterocycles. The van der Waals surface area contributed by atoms with Crippen LogP contribution in [0.5, 0.6) is 0 Å². The van der Waals surface area contributed by atoms with Crippen molar-refractivity contribution in [2.75, 3.05) is 32.8 Å². The van der Waals surface area contributed by atoms with E-state index >= 15 is 0 Å². The Morgan fingerprint density at radius 2 is 2.23 bits per heavy atom. The van der Waals surface area contributed by atoms with Crippen LogP contribution in [0.4, 0.5) is 0 Å². The van der Waals surface area contributed by atoms with Crippen molar-refractivity contribution in [3.8, 4) is 0 Å². The van der Waals surface area contributed by atoms with Crippen LogP contribution in [-0.2, 0) is 9.53 Å². The third kappa shape index (κ3) is 3.71. The quantitative estimate of drug-likeness (QED) is 0.543. The summed E-state index contributed by atoms with van der Waals surface area (Å²) in [6.45, 7) is 4.74. The van der Waals surface area contributed by atoms with Gasteiger partial charge in [-0.25, -0.2) is 0 Å². The molecule has 0 aromatic carbocycles. The molecule has 1 aliphatic heterocycles. The topological polar surface area (TPSA) is 61.8 Å². The second-order valence-electron chi connectivity index (χ2n) is 3.07. The summed E-state index contributed by atoms with van der Waals surface area (Å²) in [6, 6.07) is 0. The van der Waals surface area contributed by atoms with Crippen molar-refractivity contribution in [3.63, 3.8) is 0 Å². The summed E-state index contributed by atoms with van der Waals surface area (Å²) in [5.74, 6) is -0.353. The molecule has 1 heterocycles. The van der Waals surface area contributed by atoms with Gasteiger partial charge in [-0.1, -0.05) is 0 Å². The number of carbonyl (C=O) groups is 1. The molecule has 0 bridgehead atoms. The number of nitrogens with one attached hydrogen (secondary N) is 1. The van der Waals surface area contributed by atoms with Crippen molar-refractivity contribution in [2.24, 2.45) is 0 Å². The Hall–Kier alpha value is -0.650. The number of rotatable bonds is 3. The molecule has 1 atom stereocenters. The predicted octanol–water partition coefficient (Wildman–Crippen LogP) is -1.23. The minimum absolute atomic E-state index is 0.0648. The van der Waals surface area contributed by atoms with Gasteiger partial charge in [-0.05, 0) is 0 Å². The predicted molar refractivity (Wildman–Crippen MR) is 47.1 cm³/mol. The van der Waals surface area contributed by atoms with Crippen molar-refractivity contribution >= 4 is 5.97 Å². The second kappa shape index (κ2) is 5.16. The highest BCUT2D eigenvalue weighted by Crippen LogP contribution is 1.99. The molecular weight excluding hydrogens is 172 g/mol. The summed E-state index contributed by atoms with van der Waals surface area (Å²) in [5.41, 5.74) is 0. The number of hydrogen-bond acceptors (Lipinski definition) is 5. The SMILES string of the molecule is CC(=O)OCC(O)N1CCNCC1. The highest BCUT2D eigenvalue weighted by Gasteiger charge is 2.18. The van der Waals surface area contributed by atoms with Crippen LogP contribution >= 0.6 is 0 Å². The van der Waals surface area contributed by atoms with Gasteiger partial charge in [-0.15, -0.1) is 0 Å². The van der Waals surface area contributed by atoms with Gasteiger partial charge >= 0.3 is 5.97 Å². The van der Waals surface area contributed by atoms with Crippen LogP contribution < -0.4 is 5.32 Å². The van der Waals surface area contributed by atoms with Crippen LogP contribution in [-0.4, -0.2) is 55.0 Å². The molecule has 1 aliphatic rings. The first-order chi connectivity index (χ1) is 6.20. The Morgan fingerprint density at radius 3 is 2.77 bits per heavy atom. The van der Waals surface area contributed by atoms with E-state index in [1.165, 1.54) is 6.92 Å². The van der Waals surface area contributed by atoms with Crippen LogP contribution in [0.2, 0.25) is 0 Å². The molecule has 0 spiro atoms. The van der Waals surface area contributed by atoms with Crippen LogP contribution in [0.25, 0.3) is 0 Å². The first kappa shape index (κ1) is 10.4. The third-order valence-corrected chi connectivity index (χ3v) is 2.01. The lowest BCUT2D eigenvalue weighted by Crippen LogP contribution is -2.50. The molecule has 0 aromatic rings. The summed E-state index contributed by atoms with van der Waals surface area (Å²) in [7, 11) is 0. The maximum Gasteiger partial charge on any atom is 0.302 e. The molecule has 0 aliphatic carbocycles. The average Bonchev–Trinajstić information content (AvgIpc) is 2.15. The van der Waals surface area contributed by atoms with Gasteiger partial charge in [0.1, 0.15) is 12.8 Å². The summed E-state index contributed by atoms with van der Waals surface area (Å²) in [6.07, 6.45) is -0.661. The average molecular weight is 188 g/mol. The molecule has 2 N–H and O–H groups in total. The van der Waals surface area contributed by atoms with Crippen molar-refractivity contribution in [1.29, 1.82) is 0 Å². The molecule has 13 heavy (non-hydrogen) atoms. The smallest absolute Gasteiger partial charge is 0.302 e. The summed E-state index contributed by atoms with van der Waals surface area (Å²) in [5, 5.41) is 12.7. The number of aliphatic hydroxyl groups is 1. The minimum Gasteiger partial charge on any atom is -0.462 e. The van der Waals surface area contributed by atoms with E-state index in [-0.39, 0.29) is 12.6 Å². The number of carbonyl (C=O) groups excluding carboxylic acids is 1. The van der Waals surface area contributed by atoms with E-state index < -0.39 is 6.23 Å². The van der Waals surface area contributed by atoms with Crippen LogP contribution in [0.1, 0.15) is 6.92 Å². The molecule has 1 unspecified atom stereocenters. The van der Waals surface area contributed by atoms with E-state index in [0.717, 1.165) is 26.2 Å². The van der Waals surface area contributed by atoms with Crippen LogP contribution in [0.15, 0.2) is 0 Å². The van der Waals surface area contributed by atoms with Crippen LogP contribution in [0.3, 0.4) is 0 Å². The van der Waals surface area contributed by atoms with Gasteiger partial charge in [-0.3, -0.25) is 9.69 Å². The van der Waals surface area contributed by atoms with Crippen molar-refractivity contribution < 1.29 is 14.6 Å². The molecule has 76 valence electrons. The maximum atomic E-state index is 10.5. The van der Waals surface area contributed by atoms with Crippen LogP contribution in [0, 0.1) is 0 Å². The fourth-order valence-electron chi connectivity index (χ4n) is 1.28. The zero-order valence-electron chi connectivity index (χ0n) is 7.82. The molecule has 0 saturated carbocycles. The maximum absolute atomic E-state index is 10.5. The van der Waals surface area contributed by atoms with E-state index in [2.05, 4.69) is 5.32 Å². The zero-order valence-corrected chi connectivity index (χ0v) is 7.82. The minimum atomic E-state index is -0.661. The monoisotopic (exact) mass is 188 g/mol. The van der Waals surface area contributed by atoms with E-state index in [1.54, 1.807) is 0 Å². The molecule has 5 nitrogen and oxygen atoms in total. The fraction of sp³-hybridized carbons (Fsp3) is 0.875. The van der Waals surface area contributed by atoms with Gasteiger partial charge in [-0.2, -0.15) is 0 Å². The zero-order chi connectivity index (χ0) is 9.68. The molecule has 1 fully saturated rings. The first-order valence-corrected chi connectivity index (χ1v) is 4.46.